The van der Waals surface area contributed by atoms with Gasteiger partial charge < -0.3 is 20.6 Å². The van der Waals surface area contributed by atoms with Crippen molar-refractivity contribution in [1.82, 2.24) is 0 Å². The van der Waals surface area contributed by atoms with Gasteiger partial charge >= 0.3 is 7.82 Å². The minimum absolute atomic E-state index is 0.0266. The van der Waals surface area contributed by atoms with Crippen LogP contribution in [0.25, 0.3) is 0 Å². The molecule has 0 aliphatic rings. The van der Waals surface area contributed by atoms with Gasteiger partial charge in [-0.2, -0.15) is 0 Å². The van der Waals surface area contributed by atoms with Crippen molar-refractivity contribution in [2.45, 2.75) is 74.1 Å². The van der Waals surface area contributed by atoms with E-state index in [4.69, 9.17) is 27.1 Å². The molecule has 0 fully saturated rings. The number of hydrogen-bond acceptors (Lipinski definition) is 5. The van der Waals surface area contributed by atoms with Crippen molar-refractivity contribution in [3.8, 4) is 5.75 Å². The Morgan fingerprint density at radius 3 is 2.38 bits per heavy atom. The number of nitrogens with two attached hydrogens (primary N) is 1. The van der Waals surface area contributed by atoms with Crippen LogP contribution in [0, 0.1) is 0 Å². The van der Waals surface area contributed by atoms with Crippen LogP contribution in [0.4, 0.5) is 0 Å². The second kappa shape index (κ2) is 10.9. The third-order valence-corrected chi connectivity index (χ3v) is 7.09. The van der Waals surface area contributed by atoms with E-state index >= 15 is 0 Å². The zero-order valence-corrected chi connectivity index (χ0v) is 21.4. The fourth-order valence-electron chi connectivity index (χ4n) is 3.35. The molecule has 1 unspecified atom stereocenters. The van der Waals surface area contributed by atoms with E-state index in [0.717, 1.165) is 27.3 Å². The Morgan fingerprint density at radius 1 is 1.12 bits per heavy atom. The third kappa shape index (κ3) is 8.38. The van der Waals surface area contributed by atoms with E-state index in [1.807, 2.05) is 37.3 Å². The zero-order chi connectivity index (χ0) is 24.2. The first-order chi connectivity index (χ1) is 14.7. The minimum atomic E-state index is -4.58. The number of phosphoric acid groups is 1. The maximum absolute atomic E-state index is 11.1. The van der Waals surface area contributed by atoms with E-state index in [2.05, 4.69) is 25.3 Å². The predicted octanol–water partition coefficient (Wildman–Crippen LogP) is 6.03. The molecule has 0 heterocycles. The van der Waals surface area contributed by atoms with E-state index in [-0.39, 0.29) is 17.8 Å². The molecule has 6 nitrogen and oxygen atoms in total. The van der Waals surface area contributed by atoms with Crippen molar-refractivity contribution in [3.63, 3.8) is 0 Å². The molecule has 0 radical (unpaired) electrons. The summed E-state index contributed by atoms with van der Waals surface area (Å²) in [4.78, 5) is 19.7. The number of hydrogen-bond donors (Lipinski definition) is 4. The second-order valence-electron chi connectivity index (χ2n) is 9.16. The molecule has 0 aliphatic heterocycles. The lowest BCUT2D eigenvalue weighted by atomic mass is 9.87. The van der Waals surface area contributed by atoms with Crippen molar-refractivity contribution < 1.29 is 24.0 Å². The van der Waals surface area contributed by atoms with Gasteiger partial charge in [0.05, 0.1) is 11.5 Å². The number of aromatic hydroxyl groups is 1. The number of phenols is 1. The number of phenolic OH excluding ortho intramolecular Hbond substituents is 1. The van der Waals surface area contributed by atoms with Crippen LogP contribution in [0.5, 0.6) is 5.75 Å². The molecule has 2 aromatic carbocycles. The van der Waals surface area contributed by atoms with Gasteiger partial charge in [-0.15, -0.1) is 0 Å². The largest absolute Gasteiger partial charge is 0.507 e. The van der Waals surface area contributed by atoms with Gasteiger partial charge in [-0.3, -0.25) is 4.52 Å². The topological polar surface area (TPSA) is 113 Å². The standard InChI is InChI=1S/C23H33ClNO5PS/c1-5-11-23(25,15-30-31(27,28)29)12-10-16-6-8-18(14-19(16)24)32-21-13-17(22(2,3)4)7-9-20(21)26/h6-9,13-14,26H,5,10-12,15,25H2,1-4H3,(H2,27,28,29). The van der Waals surface area contributed by atoms with Gasteiger partial charge in [0.2, 0.25) is 0 Å². The van der Waals surface area contributed by atoms with Gasteiger partial charge in [-0.05, 0) is 60.1 Å². The summed E-state index contributed by atoms with van der Waals surface area (Å²) in [5.74, 6) is 0.223. The van der Waals surface area contributed by atoms with Gasteiger partial charge in [-0.25, -0.2) is 4.57 Å². The van der Waals surface area contributed by atoms with Gasteiger partial charge in [0.1, 0.15) is 5.75 Å². The molecular weight excluding hydrogens is 469 g/mol. The van der Waals surface area contributed by atoms with Crippen LogP contribution >= 0.6 is 31.2 Å². The van der Waals surface area contributed by atoms with Crippen molar-refractivity contribution in [1.29, 1.82) is 0 Å². The SMILES string of the molecule is CCCC(N)(CCc1ccc(Sc2cc(C(C)(C)C)ccc2O)cc1Cl)COP(=O)(O)O. The van der Waals surface area contributed by atoms with Crippen LogP contribution < -0.4 is 5.73 Å². The Balaban J connectivity index is 2.12. The highest BCUT2D eigenvalue weighted by Gasteiger charge is 2.28. The van der Waals surface area contributed by atoms with E-state index < -0.39 is 13.4 Å². The Morgan fingerprint density at radius 2 is 1.81 bits per heavy atom. The summed E-state index contributed by atoms with van der Waals surface area (Å²) in [5, 5.41) is 10.9. The molecule has 9 heteroatoms. The lowest BCUT2D eigenvalue weighted by Gasteiger charge is -2.29. The van der Waals surface area contributed by atoms with Crippen LogP contribution in [0.1, 0.15) is 58.1 Å². The molecular formula is C23H33ClNO5PS. The molecule has 2 aromatic rings. The lowest BCUT2D eigenvalue weighted by Crippen LogP contribution is -2.44. The van der Waals surface area contributed by atoms with E-state index in [1.54, 1.807) is 6.07 Å². The van der Waals surface area contributed by atoms with Crippen molar-refractivity contribution in [2.24, 2.45) is 5.73 Å². The Kier molecular flexibility index (Phi) is 9.28. The molecule has 0 amide bonds. The van der Waals surface area contributed by atoms with Crippen LogP contribution in [-0.4, -0.2) is 27.0 Å². The molecule has 32 heavy (non-hydrogen) atoms. The highest BCUT2D eigenvalue weighted by Crippen LogP contribution is 2.40. The Bertz CT molecular complexity index is 975. The van der Waals surface area contributed by atoms with Crippen LogP contribution in [0.2, 0.25) is 5.02 Å². The van der Waals surface area contributed by atoms with Crippen molar-refractivity contribution >= 4 is 31.2 Å². The van der Waals surface area contributed by atoms with Gasteiger partial charge in [0, 0.05) is 15.5 Å². The van der Waals surface area contributed by atoms with Gasteiger partial charge in [0.15, 0.2) is 0 Å². The molecule has 5 N–H and O–H groups in total. The monoisotopic (exact) mass is 501 g/mol. The number of aryl methyl sites for hydroxylation is 1. The molecule has 0 spiro atoms. The predicted molar refractivity (Wildman–Crippen MR) is 131 cm³/mol. The Labute approximate surface area is 199 Å². The van der Waals surface area contributed by atoms with Crippen LogP contribution in [-0.2, 0) is 20.9 Å². The minimum Gasteiger partial charge on any atom is -0.507 e. The molecule has 0 saturated carbocycles. The third-order valence-electron chi connectivity index (χ3n) is 5.24. The number of benzene rings is 2. The molecule has 0 saturated heterocycles. The maximum Gasteiger partial charge on any atom is 0.469 e. The fourth-order valence-corrected chi connectivity index (χ4v) is 5.04. The van der Waals surface area contributed by atoms with Crippen LogP contribution in [0.15, 0.2) is 46.2 Å². The summed E-state index contributed by atoms with van der Waals surface area (Å²) in [7, 11) is -4.58. The molecule has 0 bridgehead atoms. The van der Waals surface area contributed by atoms with E-state index in [0.29, 0.717) is 24.3 Å². The molecule has 0 aliphatic carbocycles. The van der Waals surface area contributed by atoms with Gasteiger partial charge in [0.25, 0.3) is 0 Å². The second-order valence-corrected chi connectivity index (χ2v) is 11.9. The van der Waals surface area contributed by atoms with E-state index in [9.17, 15) is 9.67 Å². The number of phosphoric ester groups is 1. The highest BCUT2D eigenvalue weighted by molar-refractivity contribution is 7.99. The summed E-state index contributed by atoms with van der Waals surface area (Å²) in [6, 6.07) is 11.4. The number of halogens is 1. The normalized spacial score (nSPS) is 14.4. The Hall–Kier alpha value is -1.05. The zero-order valence-electron chi connectivity index (χ0n) is 19.0. The molecule has 178 valence electrons. The smallest absolute Gasteiger partial charge is 0.469 e. The summed E-state index contributed by atoms with van der Waals surface area (Å²) >= 11 is 7.97. The van der Waals surface area contributed by atoms with E-state index in [1.165, 1.54) is 11.8 Å². The van der Waals surface area contributed by atoms with Gasteiger partial charge in [-0.1, -0.05) is 69.6 Å². The molecule has 1 atom stereocenters. The fraction of sp³-hybridized carbons (Fsp3) is 0.478. The average Bonchev–Trinajstić information content (AvgIpc) is 2.66. The number of rotatable bonds is 10. The summed E-state index contributed by atoms with van der Waals surface area (Å²) in [5.41, 5.74) is 7.51. The molecule has 0 aromatic heterocycles. The quantitative estimate of drug-likeness (QED) is 0.294. The maximum atomic E-state index is 11.1. The summed E-state index contributed by atoms with van der Waals surface area (Å²) in [6.07, 6.45) is 2.36. The average molecular weight is 502 g/mol. The first kappa shape index (κ1) is 27.2. The van der Waals surface area contributed by atoms with Crippen molar-refractivity contribution in [2.75, 3.05) is 6.61 Å². The lowest BCUT2D eigenvalue weighted by molar-refractivity contribution is 0.141. The summed E-state index contributed by atoms with van der Waals surface area (Å²) < 4.78 is 15.8. The van der Waals surface area contributed by atoms with Crippen LogP contribution in [0.3, 0.4) is 0 Å². The first-order valence-corrected chi connectivity index (χ1v) is 13.2. The highest BCUT2D eigenvalue weighted by atomic mass is 35.5. The summed E-state index contributed by atoms with van der Waals surface area (Å²) in [6.45, 7) is 8.11. The molecule has 2 rings (SSSR count). The first-order valence-electron chi connectivity index (χ1n) is 10.5. The van der Waals surface area contributed by atoms with Crippen molar-refractivity contribution in [3.05, 3.63) is 52.5 Å².